The van der Waals surface area contributed by atoms with Crippen molar-refractivity contribution in [3.05, 3.63) is 70.5 Å². The number of nitrogens with one attached hydrogen (secondary N) is 1. The Labute approximate surface area is 180 Å². The number of hydrogen-bond donors (Lipinski definition) is 1. The smallest absolute Gasteiger partial charge is 0.408 e. The van der Waals surface area contributed by atoms with Crippen molar-refractivity contribution in [3.63, 3.8) is 0 Å². The molecular formula is C22H21F4N3O3. The highest BCUT2D eigenvalue weighted by Gasteiger charge is 2.37. The van der Waals surface area contributed by atoms with Gasteiger partial charge in [-0.05, 0) is 45.0 Å². The van der Waals surface area contributed by atoms with E-state index >= 15 is 0 Å². The number of benzene rings is 2. The first-order valence-electron chi connectivity index (χ1n) is 9.68. The molecule has 10 heteroatoms. The Kier molecular flexibility index (Phi) is 6.25. The zero-order chi connectivity index (χ0) is 23.7. The Balaban J connectivity index is 2.26. The molecule has 170 valence electrons. The molecule has 0 aliphatic carbocycles. The fourth-order valence-corrected chi connectivity index (χ4v) is 3.16. The highest BCUT2D eigenvalue weighted by molar-refractivity contribution is 5.79. The number of rotatable bonds is 4. The summed E-state index contributed by atoms with van der Waals surface area (Å²) in [5.41, 5.74) is -1.82. The first-order chi connectivity index (χ1) is 14.9. The molecule has 0 saturated carbocycles. The molecule has 0 spiro atoms. The molecule has 1 atom stereocenters. The van der Waals surface area contributed by atoms with Gasteiger partial charge in [-0.3, -0.25) is 9.36 Å². The van der Waals surface area contributed by atoms with Gasteiger partial charge in [0.05, 0.1) is 23.7 Å². The molecule has 32 heavy (non-hydrogen) atoms. The van der Waals surface area contributed by atoms with Crippen molar-refractivity contribution in [2.75, 3.05) is 0 Å². The van der Waals surface area contributed by atoms with Crippen molar-refractivity contribution < 1.29 is 27.1 Å². The van der Waals surface area contributed by atoms with Crippen molar-refractivity contribution in [2.24, 2.45) is 0 Å². The topological polar surface area (TPSA) is 73.2 Å². The summed E-state index contributed by atoms with van der Waals surface area (Å²) < 4.78 is 60.7. The van der Waals surface area contributed by atoms with Crippen LogP contribution in [-0.2, 0) is 4.74 Å². The van der Waals surface area contributed by atoms with Gasteiger partial charge < -0.3 is 10.1 Å². The molecule has 1 N–H and O–H groups in total. The Morgan fingerprint density at radius 1 is 1.09 bits per heavy atom. The van der Waals surface area contributed by atoms with Crippen molar-refractivity contribution in [3.8, 4) is 5.69 Å². The average molecular weight is 451 g/mol. The third kappa shape index (κ3) is 5.43. The summed E-state index contributed by atoms with van der Waals surface area (Å²) in [6.07, 6.45) is -7.35. The maximum Gasteiger partial charge on any atom is 0.408 e. The second-order valence-corrected chi connectivity index (χ2v) is 8.10. The molecule has 3 rings (SSSR count). The average Bonchev–Trinajstić information content (AvgIpc) is 2.65. The van der Waals surface area contributed by atoms with Gasteiger partial charge in [-0.15, -0.1) is 0 Å². The van der Waals surface area contributed by atoms with E-state index in [-0.39, 0.29) is 16.6 Å². The Bertz CT molecular complexity index is 1190. The number of hydrogen-bond acceptors (Lipinski definition) is 4. The van der Waals surface area contributed by atoms with E-state index < -0.39 is 47.5 Å². The fourth-order valence-electron chi connectivity index (χ4n) is 3.16. The van der Waals surface area contributed by atoms with E-state index in [1.807, 2.05) is 0 Å². The maximum absolute atomic E-state index is 14.4. The Hall–Kier alpha value is -3.43. The number of para-hydroxylation sites is 1. The van der Waals surface area contributed by atoms with E-state index in [9.17, 15) is 27.2 Å². The normalized spacial score (nSPS) is 13.1. The molecule has 0 unspecified atom stereocenters. The summed E-state index contributed by atoms with van der Waals surface area (Å²) in [7, 11) is 0. The van der Waals surface area contributed by atoms with Crippen LogP contribution in [0, 0.1) is 5.82 Å². The monoisotopic (exact) mass is 451 g/mol. The summed E-state index contributed by atoms with van der Waals surface area (Å²) in [6.45, 7) is 4.67. The molecule has 0 aliphatic rings. The van der Waals surface area contributed by atoms with Gasteiger partial charge >= 0.3 is 12.3 Å². The Morgan fingerprint density at radius 2 is 1.75 bits per heavy atom. The summed E-state index contributed by atoms with van der Waals surface area (Å²) in [5, 5.41) is 1.79. The number of fused-ring (bicyclic) bond motifs is 1. The van der Waals surface area contributed by atoms with Crippen LogP contribution in [0.25, 0.3) is 16.6 Å². The van der Waals surface area contributed by atoms with E-state index in [1.165, 1.54) is 24.3 Å². The first-order valence-corrected chi connectivity index (χ1v) is 9.68. The van der Waals surface area contributed by atoms with E-state index in [2.05, 4.69) is 10.3 Å². The number of alkyl halides is 3. The van der Waals surface area contributed by atoms with Crippen LogP contribution in [0.1, 0.15) is 39.1 Å². The predicted molar refractivity (Wildman–Crippen MR) is 110 cm³/mol. The number of amides is 1. The third-order valence-corrected chi connectivity index (χ3v) is 4.33. The quantitative estimate of drug-likeness (QED) is 0.564. The fraction of sp³-hybridized carbons (Fsp3) is 0.318. The Morgan fingerprint density at radius 3 is 2.34 bits per heavy atom. The van der Waals surface area contributed by atoms with Gasteiger partial charge in [0.25, 0.3) is 5.56 Å². The molecule has 6 nitrogen and oxygen atoms in total. The first kappa shape index (κ1) is 23.2. The van der Waals surface area contributed by atoms with Gasteiger partial charge in [0.2, 0.25) is 0 Å². The van der Waals surface area contributed by atoms with E-state index in [1.54, 1.807) is 39.0 Å². The molecule has 2 aromatic carbocycles. The number of halogens is 4. The van der Waals surface area contributed by atoms with Gasteiger partial charge in [0.1, 0.15) is 22.6 Å². The van der Waals surface area contributed by atoms with Crippen LogP contribution in [-0.4, -0.2) is 27.4 Å². The molecule has 1 amide bonds. The highest BCUT2D eigenvalue weighted by atomic mass is 19.4. The van der Waals surface area contributed by atoms with Crippen LogP contribution in [0.3, 0.4) is 0 Å². The second-order valence-electron chi connectivity index (χ2n) is 8.10. The van der Waals surface area contributed by atoms with E-state index in [0.29, 0.717) is 0 Å². The lowest BCUT2D eigenvalue weighted by molar-refractivity contribution is -0.140. The molecule has 0 radical (unpaired) electrons. The third-order valence-electron chi connectivity index (χ3n) is 4.33. The van der Waals surface area contributed by atoms with Crippen LogP contribution in [0.15, 0.2) is 53.3 Å². The maximum atomic E-state index is 14.4. The minimum atomic E-state index is -4.71. The largest absolute Gasteiger partial charge is 0.444 e. The van der Waals surface area contributed by atoms with Gasteiger partial charge in [-0.1, -0.05) is 24.3 Å². The van der Waals surface area contributed by atoms with Crippen molar-refractivity contribution in [1.29, 1.82) is 0 Å². The van der Waals surface area contributed by atoms with Crippen LogP contribution in [0.4, 0.5) is 22.4 Å². The predicted octanol–water partition coefficient (Wildman–Crippen LogP) is 5.04. The lowest BCUT2D eigenvalue weighted by Crippen LogP contribution is -2.39. The zero-order valence-corrected chi connectivity index (χ0v) is 17.5. The summed E-state index contributed by atoms with van der Waals surface area (Å²) in [5.74, 6) is -1.26. The summed E-state index contributed by atoms with van der Waals surface area (Å²) in [4.78, 5) is 29.7. The minimum Gasteiger partial charge on any atom is -0.444 e. The van der Waals surface area contributed by atoms with Gasteiger partial charge in [0, 0.05) is 0 Å². The molecule has 3 aromatic rings. The number of nitrogens with zero attached hydrogens (tertiary/aromatic N) is 2. The number of ether oxygens (including phenoxy) is 1. The molecule has 0 saturated heterocycles. The minimum absolute atomic E-state index is 0.129. The summed E-state index contributed by atoms with van der Waals surface area (Å²) in [6, 6.07) is 9.62. The van der Waals surface area contributed by atoms with Gasteiger partial charge in [-0.2, -0.15) is 13.2 Å². The van der Waals surface area contributed by atoms with Gasteiger partial charge in [0.15, 0.2) is 0 Å². The highest BCUT2D eigenvalue weighted by Crippen LogP contribution is 2.30. The van der Waals surface area contributed by atoms with E-state index in [0.717, 1.165) is 10.6 Å². The number of aromatic nitrogens is 2. The number of alkyl carbamates (subject to hydrolysis) is 1. The number of carbonyl (C=O) groups is 1. The van der Waals surface area contributed by atoms with Crippen molar-refractivity contribution in [2.45, 2.75) is 45.0 Å². The molecule has 0 aliphatic heterocycles. The van der Waals surface area contributed by atoms with Crippen molar-refractivity contribution in [1.82, 2.24) is 14.9 Å². The molecule has 0 fully saturated rings. The second kappa shape index (κ2) is 8.60. The number of carbonyl (C=O) groups excluding carboxylic acids is 1. The molecular weight excluding hydrogens is 430 g/mol. The summed E-state index contributed by atoms with van der Waals surface area (Å²) >= 11 is 0. The molecule has 0 bridgehead atoms. The lowest BCUT2D eigenvalue weighted by atomic mass is 10.1. The van der Waals surface area contributed by atoms with Gasteiger partial charge in [-0.25, -0.2) is 14.2 Å². The van der Waals surface area contributed by atoms with Crippen LogP contribution < -0.4 is 10.9 Å². The van der Waals surface area contributed by atoms with Crippen molar-refractivity contribution >= 4 is 17.0 Å². The SMILES string of the molecule is CC(C)(C)OC(=O)N[C@@H](CC(F)(F)F)c1nc2cccc(F)c2c(=O)n1-c1ccccc1. The van der Waals surface area contributed by atoms with Crippen LogP contribution in [0.2, 0.25) is 0 Å². The lowest BCUT2D eigenvalue weighted by Gasteiger charge is -2.26. The molecule has 1 aromatic heterocycles. The van der Waals surface area contributed by atoms with E-state index in [4.69, 9.17) is 4.74 Å². The molecule has 1 heterocycles. The zero-order valence-electron chi connectivity index (χ0n) is 17.5. The van der Waals surface area contributed by atoms with Crippen LogP contribution >= 0.6 is 0 Å². The van der Waals surface area contributed by atoms with Crippen LogP contribution in [0.5, 0.6) is 0 Å². The standard InChI is InChI=1S/C22H21F4N3O3/c1-21(2,3)32-20(31)28-16(12-22(24,25)26)18-27-15-11-7-10-14(23)17(15)19(30)29(18)13-8-5-4-6-9-13/h4-11,16H,12H2,1-3H3,(H,28,31)/t16-/m0/s1.